The third-order valence-electron chi connectivity index (χ3n) is 2.59. The highest BCUT2D eigenvalue weighted by Crippen LogP contribution is 2.29. The van der Waals surface area contributed by atoms with E-state index in [2.05, 4.69) is 0 Å². The van der Waals surface area contributed by atoms with Crippen molar-refractivity contribution in [2.24, 2.45) is 5.73 Å². The molecule has 2 rings (SSSR count). The Morgan fingerprint density at radius 3 is 2.32 bits per heavy atom. The normalized spacial score (nSPS) is 10.5. The molecule has 0 spiro atoms. The van der Waals surface area contributed by atoms with E-state index in [9.17, 15) is 8.78 Å². The van der Waals surface area contributed by atoms with Gasteiger partial charge in [-0.3, -0.25) is 0 Å². The van der Waals surface area contributed by atoms with Gasteiger partial charge in [0.2, 0.25) is 0 Å². The van der Waals surface area contributed by atoms with Crippen LogP contribution in [0.15, 0.2) is 36.4 Å². The molecule has 0 radical (unpaired) electrons. The largest absolute Gasteiger partial charge is 0.451 e. The first-order chi connectivity index (χ1) is 9.13. The summed E-state index contributed by atoms with van der Waals surface area (Å²) in [6.45, 7) is -0.123. The second-order valence-corrected chi connectivity index (χ2v) is 4.00. The summed E-state index contributed by atoms with van der Waals surface area (Å²) in [5.41, 5.74) is 6.27. The lowest BCUT2D eigenvalue weighted by Crippen LogP contribution is -2.00. The van der Waals surface area contributed by atoms with Crippen LogP contribution in [0.3, 0.4) is 0 Å². The molecule has 2 aromatic carbocycles. The highest BCUT2D eigenvalue weighted by Gasteiger charge is 2.13. The van der Waals surface area contributed by atoms with Gasteiger partial charge in [0.15, 0.2) is 17.4 Å². The molecular formula is C14H13F2NO2. The number of rotatable bonds is 4. The molecule has 3 N–H and O–H groups in total. The van der Waals surface area contributed by atoms with Crippen molar-refractivity contribution in [3.05, 3.63) is 59.2 Å². The van der Waals surface area contributed by atoms with Gasteiger partial charge in [0.1, 0.15) is 5.75 Å². The van der Waals surface area contributed by atoms with E-state index in [1.807, 2.05) is 0 Å². The number of hydrogen-bond donors (Lipinski definition) is 2. The number of nitrogens with two attached hydrogens (primary N) is 1. The van der Waals surface area contributed by atoms with Gasteiger partial charge in [-0.2, -0.15) is 0 Å². The minimum absolute atomic E-state index is 0.0497. The van der Waals surface area contributed by atoms with E-state index in [1.165, 1.54) is 6.07 Å². The first-order valence-electron chi connectivity index (χ1n) is 5.69. The standard InChI is InChI=1S/C14H13F2NO2/c15-12-5-10(7-17)6-13(16)14(12)19-11-3-1-2-9(4-11)8-18/h1-6,18H,7-8,17H2. The van der Waals surface area contributed by atoms with Gasteiger partial charge >= 0.3 is 0 Å². The number of aliphatic hydroxyl groups is 1. The van der Waals surface area contributed by atoms with Gasteiger partial charge in [0.25, 0.3) is 0 Å². The van der Waals surface area contributed by atoms with Gasteiger partial charge in [-0.25, -0.2) is 8.78 Å². The van der Waals surface area contributed by atoms with Crippen molar-refractivity contribution in [3.8, 4) is 11.5 Å². The number of aliphatic hydroxyl groups excluding tert-OH is 1. The number of benzene rings is 2. The van der Waals surface area contributed by atoms with Crippen LogP contribution in [0.1, 0.15) is 11.1 Å². The molecule has 0 atom stereocenters. The fourth-order valence-corrected chi connectivity index (χ4v) is 1.65. The van der Waals surface area contributed by atoms with Crippen molar-refractivity contribution in [1.82, 2.24) is 0 Å². The monoisotopic (exact) mass is 265 g/mol. The third-order valence-corrected chi connectivity index (χ3v) is 2.59. The molecular weight excluding hydrogens is 252 g/mol. The topological polar surface area (TPSA) is 55.5 Å². The fourth-order valence-electron chi connectivity index (χ4n) is 1.65. The lowest BCUT2D eigenvalue weighted by Gasteiger charge is -2.10. The smallest absolute Gasteiger partial charge is 0.198 e. The lowest BCUT2D eigenvalue weighted by molar-refractivity contribution is 0.281. The molecule has 0 heterocycles. The third kappa shape index (κ3) is 3.07. The van der Waals surface area contributed by atoms with Crippen molar-refractivity contribution in [2.75, 3.05) is 0 Å². The van der Waals surface area contributed by atoms with Gasteiger partial charge in [-0.05, 0) is 35.4 Å². The van der Waals surface area contributed by atoms with Gasteiger partial charge in [0, 0.05) is 6.54 Å². The second kappa shape index (κ2) is 5.77. The lowest BCUT2D eigenvalue weighted by atomic mass is 10.2. The zero-order valence-electron chi connectivity index (χ0n) is 10.1. The molecule has 0 aliphatic carbocycles. The Morgan fingerprint density at radius 1 is 1.05 bits per heavy atom. The SMILES string of the molecule is NCc1cc(F)c(Oc2cccc(CO)c2)c(F)c1. The van der Waals surface area contributed by atoms with Crippen molar-refractivity contribution in [2.45, 2.75) is 13.2 Å². The van der Waals surface area contributed by atoms with E-state index in [4.69, 9.17) is 15.6 Å². The first-order valence-corrected chi connectivity index (χ1v) is 5.69. The fraction of sp³-hybridized carbons (Fsp3) is 0.143. The number of hydrogen-bond acceptors (Lipinski definition) is 3. The van der Waals surface area contributed by atoms with Crippen molar-refractivity contribution in [3.63, 3.8) is 0 Å². The van der Waals surface area contributed by atoms with E-state index in [1.54, 1.807) is 18.2 Å². The molecule has 100 valence electrons. The average molecular weight is 265 g/mol. The van der Waals surface area contributed by atoms with E-state index in [-0.39, 0.29) is 18.9 Å². The molecule has 0 bridgehead atoms. The van der Waals surface area contributed by atoms with E-state index >= 15 is 0 Å². The molecule has 0 amide bonds. The van der Waals surface area contributed by atoms with Gasteiger partial charge in [-0.15, -0.1) is 0 Å². The second-order valence-electron chi connectivity index (χ2n) is 4.00. The molecule has 0 unspecified atom stereocenters. The Hall–Kier alpha value is -1.98. The van der Waals surface area contributed by atoms with Gasteiger partial charge < -0.3 is 15.6 Å². The summed E-state index contributed by atoms with van der Waals surface area (Å²) < 4.78 is 32.6. The summed E-state index contributed by atoms with van der Waals surface area (Å²) in [5.74, 6) is -1.85. The highest BCUT2D eigenvalue weighted by atomic mass is 19.1. The minimum atomic E-state index is -0.810. The van der Waals surface area contributed by atoms with Gasteiger partial charge in [-0.1, -0.05) is 12.1 Å². The van der Waals surface area contributed by atoms with Crippen molar-refractivity contribution in [1.29, 1.82) is 0 Å². The van der Waals surface area contributed by atoms with Crippen LogP contribution >= 0.6 is 0 Å². The summed E-state index contributed by atoms with van der Waals surface area (Å²) >= 11 is 0. The highest BCUT2D eigenvalue weighted by molar-refractivity contribution is 5.37. The summed E-state index contributed by atoms with van der Waals surface area (Å²) in [6, 6.07) is 8.63. The maximum absolute atomic E-state index is 13.7. The Morgan fingerprint density at radius 2 is 1.74 bits per heavy atom. The zero-order valence-corrected chi connectivity index (χ0v) is 10.1. The molecule has 0 aliphatic heterocycles. The summed E-state index contributed by atoms with van der Waals surface area (Å²) in [6.07, 6.45) is 0. The maximum atomic E-state index is 13.7. The number of halogens is 2. The Bertz CT molecular complexity index is 564. The minimum Gasteiger partial charge on any atom is -0.451 e. The molecule has 5 heteroatoms. The van der Waals surface area contributed by atoms with Crippen LogP contribution in [0.4, 0.5) is 8.78 Å². The summed E-state index contributed by atoms with van der Waals surface area (Å²) in [4.78, 5) is 0. The quantitative estimate of drug-likeness (QED) is 0.893. The molecule has 0 fully saturated rings. The number of ether oxygens (including phenoxy) is 1. The Kier molecular flexibility index (Phi) is 4.09. The molecule has 2 aromatic rings. The molecule has 0 saturated heterocycles. The Balaban J connectivity index is 2.32. The van der Waals surface area contributed by atoms with Crippen LogP contribution < -0.4 is 10.5 Å². The zero-order chi connectivity index (χ0) is 13.8. The van der Waals surface area contributed by atoms with Crippen LogP contribution in [0.25, 0.3) is 0 Å². The van der Waals surface area contributed by atoms with Crippen LogP contribution in [0.5, 0.6) is 11.5 Å². The van der Waals surface area contributed by atoms with Crippen LogP contribution in [-0.2, 0) is 13.2 Å². The summed E-state index contributed by atoms with van der Waals surface area (Å²) in [5, 5.41) is 8.99. The van der Waals surface area contributed by atoms with Gasteiger partial charge in [0.05, 0.1) is 6.61 Å². The van der Waals surface area contributed by atoms with Crippen LogP contribution in [0.2, 0.25) is 0 Å². The molecule has 3 nitrogen and oxygen atoms in total. The average Bonchev–Trinajstić information content (AvgIpc) is 2.42. The molecule has 19 heavy (non-hydrogen) atoms. The van der Waals surface area contributed by atoms with Crippen molar-refractivity contribution >= 4 is 0 Å². The van der Waals surface area contributed by atoms with E-state index in [0.717, 1.165) is 12.1 Å². The maximum Gasteiger partial charge on any atom is 0.198 e. The molecule has 0 aromatic heterocycles. The first kappa shape index (κ1) is 13.5. The predicted octanol–water partition coefficient (Wildman–Crippen LogP) is 2.71. The van der Waals surface area contributed by atoms with Crippen LogP contribution in [-0.4, -0.2) is 5.11 Å². The van der Waals surface area contributed by atoms with E-state index in [0.29, 0.717) is 11.1 Å². The molecule has 0 saturated carbocycles. The molecule has 0 aliphatic rings. The predicted molar refractivity (Wildman–Crippen MR) is 66.7 cm³/mol. The van der Waals surface area contributed by atoms with E-state index < -0.39 is 17.4 Å². The Labute approximate surface area is 109 Å². The van der Waals surface area contributed by atoms with Crippen molar-refractivity contribution < 1.29 is 18.6 Å². The van der Waals surface area contributed by atoms with Crippen LogP contribution in [0, 0.1) is 11.6 Å². The summed E-state index contributed by atoms with van der Waals surface area (Å²) in [7, 11) is 0.